The highest BCUT2D eigenvalue weighted by Crippen LogP contribution is 2.22. The number of imide groups is 1. The first-order chi connectivity index (χ1) is 14.4. The van der Waals surface area contributed by atoms with E-state index in [0.29, 0.717) is 17.7 Å². The lowest BCUT2D eigenvalue weighted by atomic mass is 10.1. The molecule has 7 heteroatoms. The Kier molecular flexibility index (Phi) is 6.61. The molecule has 0 radical (unpaired) electrons. The molecule has 0 N–H and O–H groups in total. The number of hydrogen-bond acceptors (Lipinski definition) is 5. The minimum absolute atomic E-state index is 0.0162. The second-order valence-electron chi connectivity index (χ2n) is 7.31. The quantitative estimate of drug-likeness (QED) is 0.495. The van der Waals surface area contributed by atoms with Crippen molar-refractivity contribution in [1.82, 2.24) is 9.80 Å². The zero-order valence-corrected chi connectivity index (χ0v) is 17.1. The number of esters is 1. The molecule has 0 unspecified atom stereocenters. The van der Waals surface area contributed by atoms with Crippen LogP contribution in [-0.2, 0) is 20.9 Å². The molecule has 1 aliphatic rings. The Morgan fingerprint density at radius 1 is 0.967 bits per heavy atom. The zero-order valence-electron chi connectivity index (χ0n) is 17.1. The second-order valence-corrected chi connectivity index (χ2v) is 7.31. The van der Waals surface area contributed by atoms with Gasteiger partial charge in [0.15, 0.2) is 6.61 Å². The van der Waals surface area contributed by atoms with Gasteiger partial charge in [-0.15, -0.1) is 0 Å². The molecule has 0 aromatic heterocycles. The van der Waals surface area contributed by atoms with E-state index >= 15 is 0 Å². The summed E-state index contributed by atoms with van der Waals surface area (Å²) in [6.07, 6.45) is 0.292. The van der Waals surface area contributed by atoms with Crippen LogP contribution in [0.2, 0.25) is 0 Å². The summed E-state index contributed by atoms with van der Waals surface area (Å²) in [5, 5.41) is 0. The fraction of sp³-hybridized carbons (Fsp3) is 0.304. The van der Waals surface area contributed by atoms with Crippen LogP contribution < -0.4 is 0 Å². The first-order valence-corrected chi connectivity index (χ1v) is 9.77. The van der Waals surface area contributed by atoms with Gasteiger partial charge in [0.1, 0.15) is 0 Å². The van der Waals surface area contributed by atoms with E-state index in [-0.39, 0.29) is 43.7 Å². The Morgan fingerprint density at radius 2 is 1.57 bits per heavy atom. The van der Waals surface area contributed by atoms with Crippen molar-refractivity contribution in [2.75, 3.05) is 20.2 Å². The summed E-state index contributed by atoms with van der Waals surface area (Å²) >= 11 is 0. The molecule has 0 spiro atoms. The number of ether oxygens (including phenoxy) is 1. The summed E-state index contributed by atoms with van der Waals surface area (Å²) in [7, 11) is 1.65. The van der Waals surface area contributed by atoms with Gasteiger partial charge in [-0.3, -0.25) is 24.1 Å². The number of amides is 3. The van der Waals surface area contributed by atoms with Crippen molar-refractivity contribution in [1.29, 1.82) is 0 Å². The SMILES string of the molecule is Cc1ccc(CN(C)C(=O)COC(=O)CCCN2C(=O)c3ccccc3C2=O)cc1. The molecule has 1 heterocycles. The maximum Gasteiger partial charge on any atom is 0.306 e. The first kappa shape index (κ1) is 21.2. The number of hydrogen-bond donors (Lipinski definition) is 0. The Balaban J connectivity index is 1.39. The topological polar surface area (TPSA) is 84.0 Å². The lowest BCUT2D eigenvalue weighted by Crippen LogP contribution is -2.32. The van der Waals surface area contributed by atoms with Gasteiger partial charge in [0, 0.05) is 26.6 Å². The molecule has 0 saturated heterocycles. The molecule has 3 rings (SSSR count). The maximum absolute atomic E-state index is 12.3. The van der Waals surface area contributed by atoms with Crippen molar-refractivity contribution >= 4 is 23.7 Å². The van der Waals surface area contributed by atoms with E-state index in [1.165, 1.54) is 4.90 Å². The van der Waals surface area contributed by atoms with Gasteiger partial charge < -0.3 is 9.64 Å². The maximum atomic E-state index is 12.3. The van der Waals surface area contributed by atoms with E-state index in [2.05, 4.69) is 0 Å². The van der Waals surface area contributed by atoms with Crippen molar-refractivity contribution in [3.05, 3.63) is 70.8 Å². The first-order valence-electron chi connectivity index (χ1n) is 9.77. The molecule has 156 valence electrons. The predicted octanol–water partition coefficient (Wildman–Crippen LogP) is 2.57. The number of likely N-dealkylation sites (N-methyl/N-ethyl adjacent to an activating group) is 1. The fourth-order valence-electron chi connectivity index (χ4n) is 3.20. The largest absolute Gasteiger partial charge is 0.456 e. The number of carbonyl (C=O) groups is 4. The summed E-state index contributed by atoms with van der Waals surface area (Å²) in [5.74, 6) is -1.54. The van der Waals surface area contributed by atoms with Gasteiger partial charge in [-0.05, 0) is 31.0 Å². The van der Waals surface area contributed by atoms with Gasteiger partial charge in [-0.2, -0.15) is 0 Å². The third-order valence-corrected chi connectivity index (χ3v) is 4.96. The second kappa shape index (κ2) is 9.35. The van der Waals surface area contributed by atoms with Crippen LogP contribution in [0.1, 0.15) is 44.7 Å². The third kappa shape index (κ3) is 4.92. The van der Waals surface area contributed by atoms with E-state index < -0.39 is 5.97 Å². The van der Waals surface area contributed by atoms with Crippen LogP contribution in [-0.4, -0.2) is 53.7 Å². The summed E-state index contributed by atoms with van der Waals surface area (Å²) < 4.78 is 5.04. The predicted molar refractivity (Wildman–Crippen MR) is 110 cm³/mol. The Bertz CT molecular complexity index is 933. The summed E-state index contributed by atoms with van der Waals surface area (Å²) in [6.45, 7) is 2.21. The summed E-state index contributed by atoms with van der Waals surface area (Å²) in [6, 6.07) is 14.5. The monoisotopic (exact) mass is 408 g/mol. The molecule has 3 amide bonds. The van der Waals surface area contributed by atoms with Crippen molar-refractivity contribution in [3.63, 3.8) is 0 Å². The number of aryl methyl sites for hydroxylation is 1. The smallest absolute Gasteiger partial charge is 0.306 e. The van der Waals surface area contributed by atoms with Crippen molar-refractivity contribution in [2.45, 2.75) is 26.3 Å². The average molecular weight is 408 g/mol. The lowest BCUT2D eigenvalue weighted by molar-refractivity contribution is -0.151. The van der Waals surface area contributed by atoms with E-state index in [0.717, 1.165) is 16.0 Å². The highest BCUT2D eigenvalue weighted by molar-refractivity contribution is 6.21. The van der Waals surface area contributed by atoms with Crippen LogP contribution in [0.3, 0.4) is 0 Å². The number of fused-ring (bicyclic) bond motifs is 1. The number of rotatable bonds is 8. The van der Waals surface area contributed by atoms with E-state index in [1.807, 2.05) is 31.2 Å². The van der Waals surface area contributed by atoms with Crippen LogP contribution in [0.15, 0.2) is 48.5 Å². The molecule has 0 bridgehead atoms. The molecule has 1 aliphatic heterocycles. The third-order valence-electron chi connectivity index (χ3n) is 4.96. The highest BCUT2D eigenvalue weighted by atomic mass is 16.5. The van der Waals surface area contributed by atoms with Gasteiger partial charge >= 0.3 is 5.97 Å². The lowest BCUT2D eigenvalue weighted by Gasteiger charge is -2.17. The molecule has 0 atom stereocenters. The van der Waals surface area contributed by atoms with Crippen LogP contribution in [0, 0.1) is 6.92 Å². The molecular weight excluding hydrogens is 384 g/mol. The standard InChI is InChI=1S/C23H24N2O5/c1-16-9-11-17(12-10-16)14-24(2)20(26)15-30-21(27)8-5-13-25-22(28)18-6-3-4-7-19(18)23(25)29/h3-4,6-7,9-12H,5,8,13-15H2,1-2H3. The van der Waals surface area contributed by atoms with Crippen LogP contribution in [0.25, 0.3) is 0 Å². The normalized spacial score (nSPS) is 12.7. The fourth-order valence-corrected chi connectivity index (χ4v) is 3.20. The van der Waals surface area contributed by atoms with Gasteiger partial charge in [0.05, 0.1) is 11.1 Å². The van der Waals surface area contributed by atoms with Crippen molar-refractivity contribution in [2.24, 2.45) is 0 Å². The van der Waals surface area contributed by atoms with E-state index in [1.54, 1.807) is 31.3 Å². The highest BCUT2D eigenvalue weighted by Gasteiger charge is 2.34. The minimum Gasteiger partial charge on any atom is -0.456 e. The molecule has 2 aromatic carbocycles. The van der Waals surface area contributed by atoms with Crippen LogP contribution >= 0.6 is 0 Å². The molecule has 0 saturated carbocycles. The van der Waals surface area contributed by atoms with E-state index in [4.69, 9.17) is 4.74 Å². The minimum atomic E-state index is -0.538. The Labute approximate surface area is 175 Å². The van der Waals surface area contributed by atoms with Crippen LogP contribution in [0.4, 0.5) is 0 Å². The van der Waals surface area contributed by atoms with Gasteiger partial charge in [0.2, 0.25) is 0 Å². The van der Waals surface area contributed by atoms with Crippen molar-refractivity contribution < 1.29 is 23.9 Å². The molecule has 30 heavy (non-hydrogen) atoms. The summed E-state index contributed by atoms with van der Waals surface area (Å²) in [4.78, 5) is 51.3. The summed E-state index contributed by atoms with van der Waals surface area (Å²) in [5.41, 5.74) is 2.89. The Hall–Kier alpha value is -3.48. The van der Waals surface area contributed by atoms with Gasteiger partial charge in [-0.25, -0.2) is 0 Å². The van der Waals surface area contributed by atoms with Crippen LogP contribution in [0.5, 0.6) is 0 Å². The molecule has 7 nitrogen and oxygen atoms in total. The van der Waals surface area contributed by atoms with Gasteiger partial charge in [-0.1, -0.05) is 42.0 Å². The molecule has 0 fully saturated rings. The molecule has 0 aliphatic carbocycles. The number of carbonyl (C=O) groups excluding carboxylic acids is 4. The number of benzene rings is 2. The van der Waals surface area contributed by atoms with Gasteiger partial charge in [0.25, 0.3) is 17.7 Å². The zero-order chi connectivity index (χ0) is 21.7. The Morgan fingerprint density at radius 3 is 2.17 bits per heavy atom. The van der Waals surface area contributed by atoms with E-state index in [9.17, 15) is 19.2 Å². The molecule has 2 aromatic rings. The van der Waals surface area contributed by atoms with Crippen molar-refractivity contribution in [3.8, 4) is 0 Å². The molecular formula is C23H24N2O5. The average Bonchev–Trinajstić information content (AvgIpc) is 2.98. The number of nitrogens with zero attached hydrogens (tertiary/aromatic N) is 2.